The molecule has 0 amide bonds. The number of esters is 1. The fourth-order valence-electron chi connectivity index (χ4n) is 3.82. The van der Waals surface area contributed by atoms with Gasteiger partial charge in [-0.05, 0) is 60.4 Å². The minimum absolute atomic E-state index is 0.0157. The van der Waals surface area contributed by atoms with Crippen molar-refractivity contribution in [3.8, 4) is 11.5 Å². The number of hydrogen-bond donors (Lipinski definition) is 4. The van der Waals surface area contributed by atoms with Crippen LogP contribution in [0, 0.1) is 5.41 Å². The Balaban J connectivity index is 0.000000587. The van der Waals surface area contributed by atoms with E-state index in [1.165, 1.54) is 0 Å². The lowest BCUT2D eigenvalue weighted by Gasteiger charge is -2.09. The molecule has 4 aromatic rings. The molecule has 0 saturated carbocycles. The van der Waals surface area contributed by atoms with E-state index < -0.39 is 12.1 Å². The van der Waals surface area contributed by atoms with Crippen molar-refractivity contribution in [1.29, 1.82) is 5.41 Å². The number of benzene rings is 3. The van der Waals surface area contributed by atoms with Gasteiger partial charge < -0.3 is 25.3 Å². The van der Waals surface area contributed by atoms with E-state index >= 15 is 0 Å². The molecule has 0 aliphatic carbocycles. The van der Waals surface area contributed by atoms with E-state index in [2.05, 4.69) is 4.98 Å². The number of aromatic amines is 1. The summed E-state index contributed by atoms with van der Waals surface area (Å²) in [6, 6.07) is 24.9. The zero-order valence-electron chi connectivity index (χ0n) is 22.0. The Labute approximate surface area is 234 Å². The maximum Gasteiger partial charge on any atom is 0.490 e. The van der Waals surface area contributed by atoms with Crippen LogP contribution in [0.15, 0.2) is 85.1 Å². The first-order chi connectivity index (χ1) is 19.5. The standard InChI is InChI=1S/C28H27N3O3.C2HF3O2/c1-2-33-28(32)26-22(16-20-7-6-8-21(15-20)27(29)30)18-31-25(26)17-19-11-13-24(14-12-19)34-23-9-4-3-5-10-23;3-2(4,5)1(6)7/h3-15,18,31H,2,16-17H2,1H3,(H3,29,30);(H,6,7). The van der Waals surface area contributed by atoms with Gasteiger partial charge in [-0.1, -0.05) is 48.5 Å². The number of alkyl halides is 3. The number of carboxylic acids is 1. The van der Waals surface area contributed by atoms with E-state index in [4.69, 9.17) is 30.5 Å². The molecule has 0 bridgehead atoms. The summed E-state index contributed by atoms with van der Waals surface area (Å²) in [5, 5.41) is 14.8. The van der Waals surface area contributed by atoms with Gasteiger partial charge in [-0.2, -0.15) is 13.2 Å². The first-order valence-electron chi connectivity index (χ1n) is 12.4. The number of carboxylic acid groups (broad SMARTS) is 1. The fourth-order valence-corrected chi connectivity index (χ4v) is 3.82. The first-order valence-corrected chi connectivity index (χ1v) is 12.4. The molecule has 5 N–H and O–H groups in total. The van der Waals surface area contributed by atoms with Crippen molar-refractivity contribution >= 4 is 17.8 Å². The van der Waals surface area contributed by atoms with Gasteiger partial charge in [-0.3, -0.25) is 5.41 Å². The number of carbonyl (C=O) groups is 2. The number of aliphatic carboxylic acids is 1. The lowest BCUT2D eigenvalue weighted by atomic mass is 9.98. The number of rotatable bonds is 9. The van der Waals surface area contributed by atoms with Crippen molar-refractivity contribution in [2.75, 3.05) is 6.61 Å². The maximum absolute atomic E-state index is 12.8. The number of nitrogens with two attached hydrogens (primary N) is 1. The Bertz CT molecular complexity index is 1480. The van der Waals surface area contributed by atoms with Crippen LogP contribution < -0.4 is 10.5 Å². The number of para-hydroxylation sites is 1. The molecule has 1 heterocycles. The Morgan fingerprint density at radius 2 is 1.56 bits per heavy atom. The van der Waals surface area contributed by atoms with E-state index in [0.717, 1.165) is 33.9 Å². The van der Waals surface area contributed by atoms with E-state index in [1.54, 1.807) is 13.0 Å². The normalized spacial score (nSPS) is 10.7. The fraction of sp³-hybridized carbons (Fsp3) is 0.167. The number of carbonyl (C=O) groups excluding carboxylic acids is 1. The molecule has 0 fully saturated rings. The quantitative estimate of drug-likeness (QED) is 0.110. The van der Waals surface area contributed by atoms with Crippen molar-refractivity contribution in [3.05, 3.63) is 119 Å². The summed E-state index contributed by atoms with van der Waals surface area (Å²) in [4.78, 5) is 25.0. The van der Waals surface area contributed by atoms with E-state index in [9.17, 15) is 18.0 Å². The number of amidine groups is 1. The molecule has 0 radical (unpaired) electrons. The number of nitrogen functional groups attached to an aromatic ring is 1. The lowest BCUT2D eigenvalue weighted by molar-refractivity contribution is -0.192. The number of halogens is 3. The third kappa shape index (κ3) is 8.99. The number of hydrogen-bond acceptors (Lipinski definition) is 5. The van der Waals surface area contributed by atoms with Gasteiger partial charge in [0.05, 0.1) is 12.2 Å². The molecule has 0 aliphatic heterocycles. The van der Waals surface area contributed by atoms with Crippen molar-refractivity contribution < 1.29 is 37.3 Å². The van der Waals surface area contributed by atoms with Gasteiger partial charge in [0, 0.05) is 23.9 Å². The summed E-state index contributed by atoms with van der Waals surface area (Å²) < 4.78 is 43.0. The summed E-state index contributed by atoms with van der Waals surface area (Å²) >= 11 is 0. The molecular weight excluding hydrogens is 539 g/mol. The molecule has 0 unspecified atom stereocenters. The van der Waals surface area contributed by atoms with Gasteiger partial charge in [0.15, 0.2) is 0 Å². The minimum atomic E-state index is -5.08. The number of nitrogens with one attached hydrogen (secondary N) is 2. The van der Waals surface area contributed by atoms with Crippen molar-refractivity contribution in [1.82, 2.24) is 4.98 Å². The number of H-pyrrole nitrogens is 1. The van der Waals surface area contributed by atoms with Crippen LogP contribution in [0.5, 0.6) is 11.5 Å². The molecule has 41 heavy (non-hydrogen) atoms. The van der Waals surface area contributed by atoms with Gasteiger partial charge >= 0.3 is 18.1 Å². The predicted molar refractivity (Wildman–Crippen MR) is 146 cm³/mol. The Hall–Kier alpha value is -5.06. The maximum atomic E-state index is 12.8. The topological polar surface area (TPSA) is 138 Å². The summed E-state index contributed by atoms with van der Waals surface area (Å²) in [5.41, 5.74) is 10.5. The first kappa shape index (κ1) is 30.5. The summed E-state index contributed by atoms with van der Waals surface area (Å²) in [6.45, 7) is 2.10. The number of aromatic nitrogens is 1. The SMILES string of the molecule is CCOC(=O)c1c(Cc2cccc(C(=N)N)c2)c[nH]c1Cc1ccc(Oc2ccccc2)cc1.O=C(O)C(F)(F)F. The van der Waals surface area contributed by atoms with Crippen LogP contribution >= 0.6 is 0 Å². The number of ether oxygens (including phenoxy) is 2. The largest absolute Gasteiger partial charge is 0.490 e. The van der Waals surface area contributed by atoms with Crippen LogP contribution in [0.3, 0.4) is 0 Å². The van der Waals surface area contributed by atoms with Crippen molar-refractivity contribution in [2.45, 2.75) is 25.9 Å². The van der Waals surface area contributed by atoms with Gasteiger partial charge in [0.1, 0.15) is 17.3 Å². The zero-order valence-corrected chi connectivity index (χ0v) is 22.0. The van der Waals surface area contributed by atoms with Gasteiger partial charge in [0.2, 0.25) is 0 Å². The Morgan fingerprint density at radius 3 is 2.15 bits per heavy atom. The highest BCUT2D eigenvalue weighted by molar-refractivity contribution is 5.95. The molecule has 3 aromatic carbocycles. The summed E-state index contributed by atoms with van der Waals surface area (Å²) in [5.74, 6) is -1.56. The average molecular weight is 568 g/mol. The van der Waals surface area contributed by atoms with E-state index in [0.29, 0.717) is 30.6 Å². The van der Waals surface area contributed by atoms with E-state index in [1.807, 2.05) is 79.0 Å². The molecule has 1 aromatic heterocycles. The molecule has 0 spiro atoms. The molecular formula is C30H28F3N3O5. The molecule has 0 aliphatic rings. The van der Waals surface area contributed by atoms with Crippen LogP contribution in [0.2, 0.25) is 0 Å². The van der Waals surface area contributed by atoms with Gasteiger partial charge in [-0.25, -0.2) is 9.59 Å². The van der Waals surface area contributed by atoms with Crippen LogP contribution in [0.4, 0.5) is 13.2 Å². The highest BCUT2D eigenvalue weighted by Crippen LogP contribution is 2.25. The van der Waals surface area contributed by atoms with Crippen LogP contribution in [0.1, 0.15) is 45.2 Å². The molecule has 4 rings (SSSR count). The molecule has 11 heteroatoms. The Morgan fingerprint density at radius 1 is 0.927 bits per heavy atom. The average Bonchev–Trinajstić information content (AvgIpc) is 3.32. The van der Waals surface area contributed by atoms with Crippen molar-refractivity contribution in [2.24, 2.45) is 5.73 Å². The molecule has 214 valence electrons. The van der Waals surface area contributed by atoms with Gasteiger partial charge in [-0.15, -0.1) is 0 Å². The lowest BCUT2D eigenvalue weighted by Crippen LogP contribution is -2.21. The van der Waals surface area contributed by atoms with Crippen LogP contribution in [-0.4, -0.2) is 40.6 Å². The monoisotopic (exact) mass is 567 g/mol. The second-order valence-corrected chi connectivity index (χ2v) is 8.72. The third-order valence-electron chi connectivity index (χ3n) is 5.68. The Kier molecular flexibility index (Phi) is 10.3. The zero-order chi connectivity index (χ0) is 30.0. The molecule has 0 saturated heterocycles. The smallest absolute Gasteiger partial charge is 0.475 e. The summed E-state index contributed by atoms with van der Waals surface area (Å²) in [7, 11) is 0. The molecule has 0 atom stereocenters. The minimum Gasteiger partial charge on any atom is -0.475 e. The van der Waals surface area contributed by atoms with Crippen molar-refractivity contribution in [3.63, 3.8) is 0 Å². The van der Waals surface area contributed by atoms with Crippen LogP contribution in [-0.2, 0) is 22.4 Å². The second-order valence-electron chi connectivity index (χ2n) is 8.72. The van der Waals surface area contributed by atoms with E-state index in [-0.39, 0.29) is 11.8 Å². The predicted octanol–water partition coefficient (Wildman–Crippen LogP) is 6.08. The molecule has 8 nitrogen and oxygen atoms in total. The third-order valence-corrected chi connectivity index (χ3v) is 5.68. The second kappa shape index (κ2) is 13.8. The van der Waals surface area contributed by atoms with Gasteiger partial charge in [0.25, 0.3) is 0 Å². The highest BCUT2D eigenvalue weighted by atomic mass is 19.4. The summed E-state index contributed by atoms with van der Waals surface area (Å²) in [6.07, 6.45) is -2.15. The highest BCUT2D eigenvalue weighted by Gasteiger charge is 2.38. The van der Waals surface area contributed by atoms with Crippen LogP contribution in [0.25, 0.3) is 0 Å².